The van der Waals surface area contributed by atoms with Gasteiger partial charge in [0.25, 0.3) is 5.91 Å². The Kier molecular flexibility index (Phi) is 4.99. The summed E-state index contributed by atoms with van der Waals surface area (Å²) >= 11 is 0. The topological polar surface area (TPSA) is 38.3 Å². The summed E-state index contributed by atoms with van der Waals surface area (Å²) in [5.74, 6) is 0.582. The Morgan fingerprint density at radius 3 is 2.29 bits per heavy atom. The predicted molar refractivity (Wildman–Crippen MR) is 84.3 cm³/mol. The maximum atomic E-state index is 12.2. The minimum atomic E-state index is -0.529. The molecule has 2 unspecified atom stereocenters. The molecule has 0 fully saturated rings. The molecule has 3 heteroatoms. The number of hydrogen-bond donors (Lipinski definition) is 1. The van der Waals surface area contributed by atoms with Crippen molar-refractivity contribution in [2.45, 2.75) is 32.9 Å². The van der Waals surface area contributed by atoms with Crippen LogP contribution in [0.3, 0.4) is 0 Å². The summed E-state index contributed by atoms with van der Waals surface area (Å²) in [6.07, 6.45) is -0.529. The molecule has 2 atom stereocenters. The summed E-state index contributed by atoms with van der Waals surface area (Å²) in [7, 11) is 0. The lowest BCUT2D eigenvalue weighted by Crippen LogP contribution is -2.37. The van der Waals surface area contributed by atoms with Gasteiger partial charge in [0, 0.05) is 0 Å². The fourth-order valence-electron chi connectivity index (χ4n) is 2.24. The van der Waals surface area contributed by atoms with Gasteiger partial charge in [-0.15, -0.1) is 0 Å². The molecule has 0 aromatic heterocycles. The van der Waals surface area contributed by atoms with Gasteiger partial charge in [0.2, 0.25) is 0 Å². The number of hydrogen-bond acceptors (Lipinski definition) is 2. The van der Waals surface area contributed by atoms with Gasteiger partial charge in [0.05, 0.1) is 6.04 Å². The lowest BCUT2D eigenvalue weighted by Gasteiger charge is -2.20. The van der Waals surface area contributed by atoms with Crippen molar-refractivity contribution in [2.24, 2.45) is 0 Å². The standard InChI is InChI=1S/C18H21NO2/c1-13-9-7-8-12-17(13)14(2)19-18(20)15(3)21-16-10-5-4-6-11-16/h4-12,14-15H,1-3H3,(H,19,20). The molecule has 0 spiro atoms. The van der Waals surface area contributed by atoms with E-state index in [-0.39, 0.29) is 11.9 Å². The number of amides is 1. The van der Waals surface area contributed by atoms with Gasteiger partial charge in [-0.1, -0.05) is 42.5 Å². The van der Waals surface area contributed by atoms with Crippen molar-refractivity contribution < 1.29 is 9.53 Å². The number of ether oxygens (including phenoxy) is 1. The normalized spacial score (nSPS) is 13.3. The summed E-state index contributed by atoms with van der Waals surface area (Å²) in [5.41, 5.74) is 2.29. The molecule has 3 nitrogen and oxygen atoms in total. The van der Waals surface area contributed by atoms with E-state index in [9.17, 15) is 4.79 Å². The van der Waals surface area contributed by atoms with Crippen molar-refractivity contribution in [3.05, 3.63) is 65.7 Å². The summed E-state index contributed by atoms with van der Waals surface area (Å²) in [6, 6.07) is 17.4. The highest BCUT2D eigenvalue weighted by molar-refractivity contribution is 5.81. The molecule has 21 heavy (non-hydrogen) atoms. The highest BCUT2D eigenvalue weighted by Crippen LogP contribution is 2.17. The molecule has 2 aromatic carbocycles. The van der Waals surface area contributed by atoms with Gasteiger partial charge in [-0.05, 0) is 44.0 Å². The number of rotatable bonds is 5. The minimum absolute atomic E-state index is 0.0412. The summed E-state index contributed by atoms with van der Waals surface area (Å²) < 4.78 is 5.63. The molecule has 1 amide bonds. The van der Waals surface area contributed by atoms with E-state index >= 15 is 0 Å². The van der Waals surface area contributed by atoms with Crippen LogP contribution in [-0.4, -0.2) is 12.0 Å². The monoisotopic (exact) mass is 283 g/mol. The van der Waals surface area contributed by atoms with Crippen LogP contribution < -0.4 is 10.1 Å². The van der Waals surface area contributed by atoms with E-state index in [1.165, 1.54) is 5.56 Å². The van der Waals surface area contributed by atoms with Crippen LogP contribution >= 0.6 is 0 Å². The smallest absolute Gasteiger partial charge is 0.261 e. The fourth-order valence-corrected chi connectivity index (χ4v) is 2.24. The molecule has 0 aliphatic heterocycles. The first-order valence-corrected chi connectivity index (χ1v) is 7.15. The number of carbonyl (C=O) groups is 1. The Bertz CT molecular complexity index is 595. The zero-order valence-electron chi connectivity index (χ0n) is 12.7. The summed E-state index contributed by atoms with van der Waals surface area (Å²) in [4.78, 5) is 12.2. The number of benzene rings is 2. The van der Waals surface area contributed by atoms with Gasteiger partial charge in [-0.2, -0.15) is 0 Å². The third-order valence-corrected chi connectivity index (χ3v) is 3.44. The number of aryl methyl sites for hydroxylation is 1. The Labute approximate surface area is 126 Å². The van der Waals surface area contributed by atoms with Crippen LogP contribution in [0.5, 0.6) is 5.75 Å². The SMILES string of the molecule is Cc1ccccc1C(C)NC(=O)C(C)Oc1ccccc1. The summed E-state index contributed by atoms with van der Waals surface area (Å²) in [5, 5.41) is 2.99. The number of para-hydroxylation sites is 1. The first-order chi connectivity index (χ1) is 10.1. The van der Waals surface area contributed by atoms with Gasteiger partial charge in [-0.25, -0.2) is 0 Å². The van der Waals surface area contributed by atoms with Gasteiger partial charge >= 0.3 is 0 Å². The van der Waals surface area contributed by atoms with E-state index in [1.54, 1.807) is 6.92 Å². The van der Waals surface area contributed by atoms with E-state index in [0.717, 1.165) is 5.56 Å². The van der Waals surface area contributed by atoms with Crippen LogP contribution in [-0.2, 0) is 4.79 Å². The summed E-state index contributed by atoms with van der Waals surface area (Å²) in [6.45, 7) is 5.78. The molecule has 1 N–H and O–H groups in total. The Morgan fingerprint density at radius 2 is 1.62 bits per heavy atom. The van der Waals surface area contributed by atoms with Gasteiger partial charge in [0.1, 0.15) is 5.75 Å². The first-order valence-electron chi connectivity index (χ1n) is 7.15. The van der Waals surface area contributed by atoms with Crippen molar-refractivity contribution in [2.75, 3.05) is 0 Å². The molecular weight excluding hydrogens is 262 g/mol. The third-order valence-electron chi connectivity index (χ3n) is 3.44. The average molecular weight is 283 g/mol. The quantitative estimate of drug-likeness (QED) is 0.909. The lowest BCUT2D eigenvalue weighted by atomic mass is 10.0. The zero-order valence-corrected chi connectivity index (χ0v) is 12.7. The van der Waals surface area contributed by atoms with Crippen molar-refractivity contribution in [3.8, 4) is 5.75 Å². The van der Waals surface area contributed by atoms with Crippen molar-refractivity contribution in [3.63, 3.8) is 0 Å². The molecule has 0 bridgehead atoms. The second kappa shape index (κ2) is 6.93. The second-order valence-corrected chi connectivity index (χ2v) is 5.16. The van der Waals surface area contributed by atoms with E-state index in [4.69, 9.17) is 4.74 Å². The van der Waals surface area contributed by atoms with Crippen molar-refractivity contribution in [1.29, 1.82) is 0 Å². The predicted octanol–water partition coefficient (Wildman–Crippen LogP) is 3.64. The number of carbonyl (C=O) groups excluding carboxylic acids is 1. The molecule has 0 aliphatic rings. The lowest BCUT2D eigenvalue weighted by molar-refractivity contribution is -0.127. The molecule has 0 saturated heterocycles. The van der Waals surface area contributed by atoms with Crippen LogP contribution in [0.2, 0.25) is 0 Å². The highest BCUT2D eigenvalue weighted by Gasteiger charge is 2.18. The molecule has 110 valence electrons. The molecule has 0 radical (unpaired) electrons. The van der Waals surface area contributed by atoms with Gasteiger partial charge in [0.15, 0.2) is 6.10 Å². The Morgan fingerprint density at radius 1 is 1.00 bits per heavy atom. The number of nitrogens with one attached hydrogen (secondary N) is 1. The van der Waals surface area contributed by atoms with Crippen LogP contribution in [0.1, 0.15) is 31.0 Å². The maximum absolute atomic E-state index is 12.2. The Balaban J connectivity index is 1.96. The van der Waals surface area contributed by atoms with E-state index < -0.39 is 6.10 Å². The molecule has 2 aromatic rings. The van der Waals surface area contributed by atoms with Crippen LogP contribution in [0, 0.1) is 6.92 Å². The van der Waals surface area contributed by atoms with Gasteiger partial charge in [-0.3, -0.25) is 4.79 Å². The first kappa shape index (κ1) is 15.1. The molecule has 0 aliphatic carbocycles. The van der Waals surface area contributed by atoms with Crippen LogP contribution in [0.4, 0.5) is 0 Å². The van der Waals surface area contributed by atoms with Crippen molar-refractivity contribution in [1.82, 2.24) is 5.32 Å². The van der Waals surface area contributed by atoms with E-state index in [2.05, 4.69) is 5.32 Å². The maximum Gasteiger partial charge on any atom is 0.261 e. The third kappa shape index (κ3) is 4.09. The highest BCUT2D eigenvalue weighted by atomic mass is 16.5. The minimum Gasteiger partial charge on any atom is -0.481 e. The zero-order chi connectivity index (χ0) is 15.2. The average Bonchev–Trinajstić information content (AvgIpc) is 2.48. The van der Waals surface area contributed by atoms with Gasteiger partial charge < -0.3 is 10.1 Å². The largest absolute Gasteiger partial charge is 0.481 e. The molecule has 0 saturated carbocycles. The molecule has 0 heterocycles. The van der Waals surface area contributed by atoms with E-state index in [1.807, 2.05) is 68.4 Å². The van der Waals surface area contributed by atoms with Crippen LogP contribution in [0.15, 0.2) is 54.6 Å². The second-order valence-electron chi connectivity index (χ2n) is 5.16. The Hall–Kier alpha value is -2.29. The fraction of sp³-hybridized carbons (Fsp3) is 0.278. The van der Waals surface area contributed by atoms with Crippen molar-refractivity contribution >= 4 is 5.91 Å². The van der Waals surface area contributed by atoms with E-state index in [0.29, 0.717) is 5.75 Å². The molecular formula is C18H21NO2. The molecule has 2 rings (SSSR count). The van der Waals surface area contributed by atoms with Crippen LogP contribution in [0.25, 0.3) is 0 Å².